The van der Waals surface area contributed by atoms with Gasteiger partial charge < -0.3 is 24.3 Å². The molecule has 1 aliphatic rings. The molecule has 0 unspecified atom stereocenters. The number of ether oxygens (including phenoxy) is 1. The minimum absolute atomic E-state index is 0.281. The van der Waals surface area contributed by atoms with Crippen LogP contribution >= 0.6 is 0 Å². The third-order valence-electron chi connectivity index (χ3n) is 5.30. The molecule has 164 valence electrons. The first-order valence-electron chi connectivity index (χ1n) is 10.6. The number of rotatable bonds is 3. The van der Waals surface area contributed by atoms with Gasteiger partial charge in [0.15, 0.2) is 0 Å². The average molecular weight is 432 g/mol. The van der Waals surface area contributed by atoms with Crippen molar-refractivity contribution < 1.29 is 9.53 Å². The van der Waals surface area contributed by atoms with E-state index in [9.17, 15) is 4.79 Å². The van der Waals surface area contributed by atoms with Crippen molar-refractivity contribution in [3.63, 3.8) is 0 Å². The lowest BCUT2D eigenvalue weighted by Crippen LogP contribution is -2.39. The second-order valence-electron chi connectivity index (χ2n) is 8.84. The van der Waals surface area contributed by atoms with Gasteiger partial charge in [-0.25, -0.2) is 19.7 Å². The zero-order valence-electron chi connectivity index (χ0n) is 18.3. The van der Waals surface area contributed by atoms with Crippen molar-refractivity contribution in [3.05, 3.63) is 55.0 Å². The fourth-order valence-electron chi connectivity index (χ4n) is 3.75. The van der Waals surface area contributed by atoms with E-state index in [0.717, 1.165) is 45.7 Å². The Bertz CT molecular complexity index is 1330. The van der Waals surface area contributed by atoms with Crippen molar-refractivity contribution in [3.8, 4) is 0 Å². The number of carbonyl (C=O) groups excluding carboxylic acids is 1. The Hall–Kier alpha value is -3.88. The number of hydrogen-bond acceptors (Lipinski definition) is 6. The Morgan fingerprint density at radius 3 is 2.91 bits per heavy atom. The van der Waals surface area contributed by atoms with Crippen LogP contribution in [0.1, 0.15) is 32.9 Å². The number of carbonyl (C=O) groups is 1. The summed E-state index contributed by atoms with van der Waals surface area (Å²) in [6, 6.07) is 6.05. The predicted octanol–water partition coefficient (Wildman–Crippen LogP) is 4.37. The molecule has 4 aromatic rings. The molecule has 0 saturated carbocycles. The maximum Gasteiger partial charge on any atom is 0.410 e. The lowest BCUT2D eigenvalue weighted by Gasteiger charge is -2.29. The van der Waals surface area contributed by atoms with E-state index < -0.39 is 5.60 Å². The number of nitrogens with one attached hydrogen (secondary N) is 2. The number of aromatic amines is 1. The highest BCUT2D eigenvalue weighted by atomic mass is 16.6. The van der Waals surface area contributed by atoms with Crippen LogP contribution in [0.4, 0.5) is 16.3 Å². The topological polar surface area (TPSA) is 100 Å². The van der Waals surface area contributed by atoms with Crippen LogP contribution in [0.25, 0.3) is 22.1 Å². The van der Waals surface area contributed by atoms with Crippen molar-refractivity contribution in [1.82, 2.24) is 29.2 Å². The molecular weight excluding hydrogens is 406 g/mol. The largest absolute Gasteiger partial charge is 0.444 e. The van der Waals surface area contributed by atoms with Gasteiger partial charge in [-0.15, -0.1) is 0 Å². The van der Waals surface area contributed by atoms with E-state index >= 15 is 0 Å². The van der Waals surface area contributed by atoms with E-state index in [4.69, 9.17) is 4.74 Å². The molecule has 0 fully saturated rings. The van der Waals surface area contributed by atoms with Gasteiger partial charge >= 0.3 is 6.09 Å². The molecule has 9 heteroatoms. The van der Waals surface area contributed by atoms with Crippen LogP contribution < -0.4 is 5.32 Å². The normalized spacial score (nSPS) is 14.6. The van der Waals surface area contributed by atoms with Crippen LogP contribution in [-0.4, -0.2) is 54.0 Å². The van der Waals surface area contributed by atoms with Gasteiger partial charge in [0.1, 0.15) is 23.4 Å². The molecule has 4 aromatic heterocycles. The number of H-pyrrole nitrogens is 1. The summed E-state index contributed by atoms with van der Waals surface area (Å²) in [7, 11) is 0. The fourth-order valence-corrected chi connectivity index (χ4v) is 3.75. The molecule has 0 aromatic carbocycles. The summed E-state index contributed by atoms with van der Waals surface area (Å²) >= 11 is 0. The second kappa shape index (κ2) is 7.67. The lowest BCUT2D eigenvalue weighted by atomic mass is 10.1. The number of pyridine rings is 1. The number of fused-ring (bicyclic) bond motifs is 2. The Morgan fingerprint density at radius 1 is 1.25 bits per heavy atom. The lowest BCUT2D eigenvalue weighted by molar-refractivity contribution is 0.0270. The van der Waals surface area contributed by atoms with Crippen LogP contribution in [-0.2, 0) is 4.74 Å². The molecule has 32 heavy (non-hydrogen) atoms. The molecule has 1 aliphatic heterocycles. The second-order valence-corrected chi connectivity index (χ2v) is 8.84. The van der Waals surface area contributed by atoms with Crippen molar-refractivity contribution >= 4 is 39.7 Å². The maximum atomic E-state index is 12.3. The summed E-state index contributed by atoms with van der Waals surface area (Å²) < 4.78 is 7.43. The monoisotopic (exact) mass is 431 g/mol. The van der Waals surface area contributed by atoms with Crippen molar-refractivity contribution in [2.24, 2.45) is 0 Å². The number of nitrogens with zero attached hydrogens (tertiary/aromatic N) is 5. The third kappa shape index (κ3) is 4.01. The quantitative estimate of drug-likeness (QED) is 0.499. The Kier molecular flexibility index (Phi) is 4.80. The molecule has 0 radical (unpaired) electrons. The summed E-state index contributed by atoms with van der Waals surface area (Å²) in [5.74, 6) is 0.726. The Labute approximate surface area is 185 Å². The van der Waals surface area contributed by atoms with Gasteiger partial charge in [0.05, 0.1) is 29.1 Å². The van der Waals surface area contributed by atoms with Gasteiger partial charge in [-0.2, -0.15) is 0 Å². The molecule has 5 rings (SSSR count). The zero-order valence-corrected chi connectivity index (χ0v) is 18.3. The van der Waals surface area contributed by atoms with Crippen molar-refractivity contribution in [2.45, 2.75) is 32.8 Å². The molecule has 0 saturated heterocycles. The highest BCUT2D eigenvalue weighted by Crippen LogP contribution is 2.29. The van der Waals surface area contributed by atoms with Crippen molar-refractivity contribution in [2.75, 3.05) is 18.4 Å². The van der Waals surface area contributed by atoms with Gasteiger partial charge in [0, 0.05) is 25.0 Å². The van der Waals surface area contributed by atoms with Crippen LogP contribution in [0.2, 0.25) is 0 Å². The van der Waals surface area contributed by atoms with Gasteiger partial charge in [-0.3, -0.25) is 0 Å². The molecule has 0 aliphatic carbocycles. The summed E-state index contributed by atoms with van der Waals surface area (Å²) in [4.78, 5) is 30.4. The van der Waals surface area contributed by atoms with E-state index in [1.54, 1.807) is 17.6 Å². The first-order chi connectivity index (χ1) is 15.4. The minimum atomic E-state index is -0.497. The smallest absolute Gasteiger partial charge is 0.410 e. The van der Waals surface area contributed by atoms with E-state index in [1.807, 2.05) is 49.7 Å². The van der Waals surface area contributed by atoms with E-state index in [2.05, 4.69) is 37.4 Å². The average Bonchev–Trinajstić information content (AvgIpc) is 3.40. The van der Waals surface area contributed by atoms with Gasteiger partial charge in [-0.1, -0.05) is 6.08 Å². The highest BCUT2D eigenvalue weighted by Gasteiger charge is 2.24. The van der Waals surface area contributed by atoms with E-state index in [1.165, 1.54) is 0 Å². The zero-order chi connectivity index (χ0) is 22.3. The van der Waals surface area contributed by atoms with Crippen LogP contribution in [0.3, 0.4) is 0 Å². The number of anilines is 2. The Balaban J connectivity index is 1.37. The highest BCUT2D eigenvalue weighted by molar-refractivity contribution is 5.92. The number of hydrogen-bond donors (Lipinski definition) is 2. The predicted molar refractivity (Wildman–Crippen MR) is 123 cm³/mol. The van der Waals surface area contributed by atoms with Gasteiger partial charge in [0.2, 0.25) is 0 Å². The fraction of sp³-hybridized carbons (Fsp3) is 0.304. The molecule has 0 atom stereocenters. The first kappa shape index (κ1) is 20.0. The minimum Gasteiger partial charge on any atom is -0.444 e. The SMILES string of the molecule is CC(C)(C)OC(=O)N1CC=C(c2cc3c(Nc4ccc5cncn5c4)ncnc3[nH]2)CC1. The number of amides is 1. The maximum absolute atomic E-state index is 12.3. The summed E-state index contributed by atoms with van der Waals surface area (Å²) in [6.07, 6.45) is 9.61. The molecule has 9 nitrogen and oxygen atoms in total. The van der Waals surface area contributed by atoms with Crippen molar-refractivity contribution in [1.29, 1.82) is 0 Å². The van der Waals surface area contributed by atoms with Gasteiger partial charge in [-0.05, 0) is 51.0 Å². The number of imidazole rings is 1. The molecule has 2 N–H and O–H groups in total. The standard InChI is InChI=1S/C23H25N7O2/c1-23(2,3)32-22(31)29-8-6-15(7-9-29)19-10-18-20(25-13-26-21(18)28-19)27-16-4-5-17-11-24-14-30(17)12-16/h4-6,10-14H,7-9H2,1-3H3,(H2,25,26,27,28). The van der Waals surface area contributed by atoms with Crippen LogP contribution in [0.5, 0.6) is 0 Å². The van der Waals surface area contributed by atoms with Crippen LogP contribution in [0, 0.1) is 0 Å². The first-order valence-corrected chi connectivity index (χ1v) is 10.6. The molecule has 0 bridgehead atoms. The molecule has 0 spiro atoms. The number of aromatic nitrogens is 5. The summed E-state index contributed by atoms with van der Waals surface area (Å²) in [5.41, 5.74) is 4.32. The Morgan fingerprint density at radius 2 is 2.12 bits per heavy atom. The van der Waals surface area contributed by atoms with E-state index in [-0.39, 0.29) is 6.09 Å². The van der Waals surface area contributed by atoms with E-state index in [0.29, 0.717) is 13.1 Å². The summed E-state index contributed by atoms with van der Waals surface area (Å²) in [6.45, 7) is 6.75. The van der Waals surface area contributed by atoms with Gasteiger partial charge in [0.25, 0.3) is 0 Å². The molecule has 5 heterocycles. The third-order valence-corrected chi connectivity index (χ3v) is 5.30. The van der Waals surface area contributed by atoms with Crippen LogP contribution in [0.15, 0.2) is 49.3 Å². The summed E-state index contributed by atoms with van der Waals surface area (Å²) in [5, 5.41) is 4.29. The molecule has 1 amide bonds. The molecular formula is C23H25N7O2.